The van der Waals surface area contributed by atoms with Crippen LogP contribution in [-0.4, -0.2) is 15.4 Å². The lowest BCUT2D eigenvalue weighted by molar-refractivity contribution is 0.0697. The first kappa shape index (κ1) is 7.24. The van der Waals surface area contributed by atoms with Gasteiger partial charge in [-0.05, 0) is 29.7 Å². The Bertz CT molecular complexity index is 435. The summed E-state index contributed by atoms with van der Waals surface area (Å²) in [5, 5.41) is 11.4. The van der Waals surface area contributed by atoms with Crippen LogP contribution < -0.4 is 0 Å². The number of hydrogen-bond acceptors (Lipinski definition) is 3. The Labute approximate surface area is 72.4 Å². The zero-order valence-electron chi connectivity index (χ0n) is 6.02. The fourth-order valence-electron chi connectivity index (χ4n) is 1.00. The van der Waals surface area contributed by atoms with Crippen molar-refractivity contribution in [3.8, 4) is 0 Å². The number of aromatic carboxylic acids is 1. The number of hydrogen-bond donors (Lipinski definition) is 1. The monoisotopic (exact) mass is 179 g/mol. The highest BCUT2D eigenvalue weighted by molar-refractivity contribution is 7.04. The standard InChI is InChI=1S/C8H5NO2S/c10-8(11)5-1-2-7-6(3-5)4-12-9-7/h1-4H,(H,10,11). The van der Waals surface area contributed by atoms with Crippen molar-refractivity contribution in [1.29, 1.82) is 0 Å². The van der Waals surface area contributed by atoms with E-state index in [1.165, 1.54) is 11.5 Å². The molecule has 1 aromatic heterocycles. The smallest absolute Gasteiger partial charge is 0.335 e. The van der Waals surface area contributed by atoms with Gasteiger partial charge in [0, 0.05) is 10.8 Å². The SMILES string of the molecule is O=C(O)c1ccc2nscc2c1. The molecule has 1 N–H and O–H groups in total. The lowest BCUT2D eigenvalue weighted by atomic mass is 10.2. The topological polar surface area (TPSA) is 50.2 Å². The molecule has 0 unspecified atom stereocenters. The average Bonchev–Trinajstić information content (AvgIpc) is 2.49. The molecule has 0 bridgehead atoms. The Kier molecular flexibility index (Phi) is 1.55. The molecule has 0 saturated heterocycles. The Hall–Kier alpha value is -1.42. The van der Waals surface area contributed by atoms with Crippen LogP contribution in [0, 0.1) is 0 Å². The highest BCUT2D eigenvalue weighted by atomic mass is 32.1. The van der Waals surface area contributed by atoms with Gasteiger partial charge in [-0.25, -0.2) is 4.79 Å². The molecule has 0 aliphatic heterocycles. The van der Waals surface area contributed by atoms with Gasteiger partial charge in [-0.2, -0.15) is 4.37 Å². The average molecular weight is 179 g/mol. The molecule has 0 radical (unpaired) electrons. The summed E-state index contributed by atoms with van der Waals surface area (Å²) in [5.74, 6) is -0.900. The van der Waals surface area contributed by atoms with Crippen molar-refractivity contribution >= 4 is 28.4 Å². The van der Waals surface area contributed by atoms with E-state index in [4.69, 9.17) is 5.11 Å². The van der Waals surface area contributed by atoms with Gasteiger partial charge in [-0.1, -0.05) is 0 Å². The summed E-state index contributed by atoms with van der Waals surface area (Å²) in [6.07, 6.45) is 0. The van der Waals surface area contributed by atoms with Gasteiger partial charge in [0.2, 0.25) is 0 Å². The number of rotatable bonds is 1. The molecule has 3 nitrogen and oxygen atoms in total. The Morgan fingerprint density at radius 2 is 2.33 bits per heavy atom. The quantitative estimate of drug-likeness (QED) is 0.728. The van der Waals surface area contributed by atoms with Crippen LogP contribution >= 0.6 is 11.5 Å². The summed E-state index contributed by atoms with van der Waals surface area (Å²) in [5.41, 5.74) is 1.16. The maximum atomic E-state index is 10.5. The van der Waals surface area contributed by atoms with E-state index in [9.17, 15) is 4.79 Å². The van der Waals surface area contributed by atoms with E-state index in [0.717, 1.165) is 10.9 Å². The van der Waals surface area contributed by atoms with Gasteiger partial charge < -0.3 is 5.11 Å². The second-order valence-electron chi connectivity index (χ2n) is 2.39. The third-order valence-corrected chi connectivity index (χ3v) is 2.27. The number of benzene rings is 1. The summed E-state index contributed by atoms with van der Waals surface area (Å²) in [7, 11) is 0. The summed E-state index contributed by atoms with van der Waals surface area (Å²) >= 11 is 1.33. The van der Waals surface area contributed by atoms with E-state index in [2.05, 4.69) is 4.37 Å². The fourth-order valence-corrected chi connectivity index (χ4v) is 1.64. The molecule has 2 aromatic rings. The lowest BCUT2D eigenvalue weighted by Crippen LogP contribution is -1.94. The molecule has 1 aromatic carbocycles. The Morgan fingerprint density at radius 3 is 3.08 bits per heavy atom. The van der Waals surface area contributed by atoms with Crippen molar-refractivity contribution in [3.63, 3.8) is 0 Å². The van der Waals surface area contributed by atoms with Gasteiger partial charge in [0.05, 0.1) is 11.1 Å². The van der Waals surface area contributed by atoms with Gasteiger partial charge in [0.1, 0.15) is 0 Å². The minimum absolute atomic E-state index is 0.308. The van der Waals surface area contributed by atoms with Gasteiger partial charge in [0.15, 0.2) is 0 Å². The summed E-state index contributed by atoms with van der Waals surface area (Å²) in [6, 6.07) is 4.90. The summed E-state index contributed by atoms with van der Waals surface area (Å²) in [4.78, 5) is 10.5. The van der Waals surface area contributed by atoms with Crippen LogP contribution in [0.3, 0.4) is 0 Å². The molecule has 2 rings (SSSR count). The number of nitrogens with zero attached hydrogens (tertiary/aromatic N) is 1. The van der Waals surface area contributed by atoms with Crippen molar-refractivity contribution in [2.24, 2.45) is 0 Å². The minimum Gasteiger partial charge on any atom is -0.478 e. The molecular formula is C8H5NO2S. The number of carbonyl (C=O) groups is 1. The Morgan fingerprint density at radius 1 is 1.50 bits per heavy atom. The highest BCUT2D eigenvalue weighted by Gasteiger charge is 2.03. The van der Waals surface area contributed by atoms with Crippen LogP contribution in [0.1, 0.15) is 10.4 Å². The molecule has 12 heavy (non-hydrogen) atoms. The van der Waals surface area contributed by atoms with Crippen LogP contribution in [-0.2, 0) is 0 Å². The van der Waals surface area contributed by atoms with Crippen molar-refractivity contribution in [3.05, 3.63) is 29.1 Å². The van der Waals surface area contributed by atoms with Crippen LogP contribution in [0.2, 0.25) is 0 Å². The second-order valence-corrected chi connectivity index (χ2v) is 3.02. The predicted molar refractivity (Wildman–Crippen MR) is 46.6 cm³/mol. The summed E-state index contributed by atoms with van der Waals surface area (Å²) in [6.45, 7) is 0. The van der Waals surface area contributed by atoms with Crippen molar-refractivity contribution < 1.29 is 9.90 Å². The van der Waals surface area contributed by atoms with E-state index < -0.39 is 5.97 Å². The first-order chi connectivity index (χ1) is 5.77. The van der Waals surface area contributed by atoms with E-state index >= 15 is 0 Å². The zero-order valence-corrected chi connectivity index (χ0v) is 6.84. The van der Waals surface area contributed by atoms with Crippen LogP contribution in [0.15, 0.2) is 23.6 Å². The fraction of sp³-hybridized carbons (Fsp3) is 0. The Balaban J connectivity index is 2.68. The summed E-state index contributed by atoms with van der Waals surface area (Å²) < 4.78 is 4.07. The maximum absolute atomic E-state index is 10.5. The lowest BCUT2D eigenvalue weighted by Gasteiger charge is -1.92. The zero-order chi connectivity index (χ0) is 8.55. The first-order valence-electron chi connectivity index (χ1n) is 3.35. The molecule has 0 fully saturated rings. The van der Waals surface area contributed by atoms with Gasteiger partial charge in [-0.3, -0.25) is 0 Å². The third kappa shape index (κ3) is 1.06. The van der Waals surface area contributed by atoms with Gasteiger partial charge in [-0.15, -0.1) is 0 Å². The number of carboxylic acids is 1. The number of fused-ring (bicyclic) bond motifs is 1. The van der Waals surface area contributed by atoms with Gasteiger partial charge in [0.25, 0.3) is 0 Å². The first-order valence-corrected chi connectivity index (χ1v) is 4.18. The molecule has 0 atom stereocenters. The third-order valence-electron chi connectivity index (χ3n) is 1.61. The molecule has 0 aliphatic rings. The highest BCUT2D eigenvalue weighted by Crippen LogP contribution is 2.16. The van der Waals surface area contributed by atoms with Crippen molar-refractivity contribution in [2.75, 3.05) is 0 Å². The molecular weight excluding hydrogens is 174 g/mol. The molecule has 0 saturated carbocycles. The largest absolute Gasteiger partial charge is 0.478 e. The van der Waals surface area contributed by atoms with E-state index in [-0.39, 0.29) is 0 Å². The van der Waals surface area contributed by atoms with Crippen LogP contribution in [0.5, 0.6) is 0 Å². The van der Waals surface area contributed by atoms with Crippen LogP contribution in [0.4, 0.5) is 0 Å². The molecule has 0 spiro atoms. The van der Waals surface area contributed by atoms with Crippen molar-refractivity contribution in [2.45, 2.75) is 0 Å². The maximum Gasteiger partial charge on any atom is 0.335 e. The molecule has 4 heteroatoms. The second kappa shape index (κ2) is 2.57. The van der Waals surface area contributed by atoms with Crippen molar-refractivity contribution in [1.82, 2.24) is 4.37 Å². The molecule has 60 valence electrons. The van der Waals surface area contributed by atoms with E-state index in [0.29, 0.717) is 5.56 Å². The molecule has 0 aliphatic carbocycles. The molecule has 0 amide bonds. The normalized spacial score (nSPS) is 10.3. The van der Waals surface area contributed by atoms with E-state index in [1.54, 1.807) is 18.2 Å². The van der Waals surface area contributed by atoms with E-state index in [1.807, 2.05) is 5.38 Å². The van der Waals surface area contributed by atoms with Gasteiger partial charge >= 0.3 is 5.97 Å². The predicted octanol–water partition coefficient (Wildman–Crippen LogP) is 1.99. The molecule has 1 heterocycles. The minimum atomic E-state index is -0.900. The number of aromatic nitrogens is 1. The van der Waals surface area contributed by atoms with Crippen LogP contribution in [0.25, 0.3) is 10.9 Å². The number of carboxylic acid groups (broad SMARTS) is 1.